The lowest BCUT2D eigenvalue weighted by Crippen LogP contribution is -2.36. The number of carbonyl (C=O) groups excluding carboxylic acids is 1. The van der Waals surface area contributed by atoms with Crippen LogP contribution in [-0.4, -0.2) is 35.2 Å². The number of aromatic nitrogens is 2. The fourth-order valence-electron chi connectivity index (χ4n) is 2.23. The zero-order valence-electron chi connectivity index (χ0n) is 13.3. The van der Waals surface area contributed by atoms with Crippen LogP contribution in [0.4, 0.5) is 5.69 Å². The van der Waals surface area contributed by atoms with Gasteiger partial charge >= 0.3 is 0 Å². The van der Waals surface area contributed by atoms with Crippen LogP contribution < -0.4 is 15.4 Å². The van der Waals surface area contributed by atoms with E-state index in [2.05, 4.69) is 15.6 Å². The Hall–Kier alpha value is -2.21. The molecule has 124 valence electrons. The molecule has 0 saturated heterocycles. The van der Waals surface area contributed by atoms with Gasteiger partial charge in [0.2, 0.25) is 5.91 Å². The van der Waals surface area contributed by atoms with Crippen LogP contribution >= 0.6 is 11.6 Å². The number of methoxy groups -OCH3 is 1. The molecule has 0 saturated carbocycles. The maximum atomic E-state index is 12.0. The van der Waals surface area contributed by atoms with Gasteiger partial charge in [0.05, 0.1) is 19.1 Å². The third kappa shape index (κ3) is 5.49. The Morgan fingerprint density at radius 3 is 3.00 bits per heavy atom. The van der Waals surface area contributed by atoms with E-state index in [1.165, 1.54) is 0 Å². The quantitative estimate of drug-likeness (QED) is 0.777. The first-order valence-electron chi connectivity index (χ1n) is 7.41. The summed E-state index contributed by atoms with van der Waals surface area (Å²) in [5.41, 5.74) is 0.777. The van der Waals surface area contributed by atoms with Crippen molar-refractivity contribution in [3.05, 3.63) is 41.9 Å². The lowest BCUT2D eigenvalue weighted by molar-refractivity contribution is -0.121. The molecule has 1 aromatic heterocycles. The number of anilines is 1. The number of benzene rings is 1. The van der Waals surface area contributed by atoms with E-state index in [0.717, 1.165) is 5.69 Å². The highest BCUT2D eigenvalue weighted by Gasteiger charge is 2.09. The molecule has 0 aliphatic carbocycles. The van der Waals surface area contributed by atoms with Crippen LogP contribution in [0, 0.1) is 0 Å². The number of halogens is 1. The molecule has 2 aromatic rings. The molecule has 1 amide bonds. The van der Waals surface area contributed by atoms with Crippen LogP contribution in [0.1, 0.15) is 13.3 Å². The maximum absolute atomic E-state index is 12.0. The van der Waals surface area contributed by atoms with E-state index in [9.17, 15) is 4.79 Å². The third-order valence-electron chi connectivity index (χ3n) is 3.28. The summed E-state index contributed by atoms with van der Waals surface area (Å²) in [7, 11) is 1.60. The number of rotatable bonds is 8. The lowest BCUT2D eigenvalue weighted by atomic mass is 10.2. The number of hydrogen-bond acceptors (Lipinski definition) is 4. The minimum atomic E-state index is -0.00823. The molecule has 1 aromatic carbocycles. The second-order valence-corrected chi connectivity index (χ2v) is 5.69. The smallest absolute Gasteiger partial charge is 0.222 e. The molecule has 0 aliphatic rings. The highest BCUT2D eigenvalue weighted by Crippen LogP contribution is 2.27. The van der Waals surface area contributed by atoms with Crippen molar-refractivity contribution in [2.24, 2.45) is 0 Å². The number of nitrogens with one attached hydrogen (secondary N) is 2. The van der Waals surface area contributed by atoms with Crippen LogP contribution in [0.15, 0.2) is 36.9 Å². The van der Waals surface area contributed by atoms with Crippen molar-refractivity contribution in [2.75, 3.05) is 19.0 Å². The summed E-state index contributed by atoms with van der Waals surface area (Å²) >= 11 is 5.97. The summed E-state index contributed by atoms with van der Waals surface area (Å²) in [6.45, 7) is 3.16. The average Bonchev–Trinajstić information content (AvgIpc) is 3.00. The molecule has 0 fully saturated rings. The molecule has 1 unspecified atom stereocenters. The van der Waals surface area contributed by atoms with Gasteiger partial charge < -0.3 is 19.9 Å². The SMILES string of the molecule is COc1ccc(Cl)cc1NCCC(=O)NC(C)Cn1ccnc1. The van der Waals surface area contributed by atoms with Crippen LogP contribution in [0.5, 0.6) is 5.75 Å². The molecule has 6 nitrogen and oxygen atoms in total. The Kier molecular flexibility index (Phi) is 6.29. The van der Waals surface area contributed by atoms with Gasteiger partial charge in [-0.2, -0.15) is 0 Å². The van der Waals surface area contributed by atoms with Crippen molar-refractivity contribution >= 4 is 23.2 Å². The van der Waals surface area contributed by atoms with E-state index in [1.54, 1.807) is 37.8 Å². The number of amides is 1. The second-order valence-electron chi connectivity index (χ2n) is 5.25. The van der Waals surface area contributed by atoms with Crippen LogP contribution in [0.3, 0.4) is 0 Å². The molecule has 7 heteroatoms. The van der Waals surface area contributed by atoms with Gasteiger partial charge in [-0.15, -0.1) is 0 Å². The number of ether oxygens (including phenoxy) is 1. The fourth-order valence-corrected chi connectivity index (χ4v) is 2.40. The van der Waals surface area contributed by atoms with Crippen LogP contribution in [0.2, 0.25) is 5.02 Å². The summed E-state index contributed by atoms with van der Waals surface area (Å²) in [5.74, 6) is 0.689. The van der Waals surface area contributed by atoms with Gasteiger partial charge in [-0.05, 0) is 25.1 Å². The van der Waals surface area contributed by atoms with Crippen LogP contribution in [0.25, 0.3) is 0 Å². The van der Waals surface area contributed by atoms with Crippen molar-refractivity contribution in [3.8, 4) is 5.75 Å². The molecule has 23 heavy (non-hydrogen) atoms. The maximum Gasteiger partial charge on any atom is 0.222 e. The summed E-state index contributed by atoms with van der Waals surface area (Å²) in [6, 6.07) is 5.37. The Balaban J connectivity index is 1.75. The van der Waals surface area contributed by atoms with E-state index in [-0.39, 0.29) is 11.9 Å². The van der Waals surface area contributed by atoms with E-state index in [4.69, 9.17) is 16.3 Å². The fraction of sp³-hybridized carbons (Fsp3) is 0.375. The second kappa shape index (κ2) is 8.43. The summed E-state index contributed by atoms with van der Waals surface area (Å²) in [6.07, 6.45) is 5.69. The van der Waals surface area contributed by atoms with Gasteiger partial charge in [-0.25, -0.2) is 4.98 Å². The van der Waals surface area contributed by atoms with E-state index in [1.807, 2.05) is 17.7 Å². The van der Waals surface area contributed by atoms with Crippen molar-refractivity contribution < 1.29 is 9.53 Å². The topological polar surface area (TPSA) is 68.2 Å². The average molecular weight is 337 g/mol. The van der Waals surface area contributed by atoms with Crippen LogP contribution in [-0.2, 0) is 11.3 Å². The molecule has 0 aliphatic heterocycles. The van der Waals surface area contributed by atoms with Gasteiger partial charge in [-0.1, -0.05) is 11.6 Å². The first-order valence-corrected chi connectivity index (χ1v) is 7.79. The highest BCUT2D eigenvalue weighted by molar-refractivity contribution is 6.30. The molecule has 0 bridgehead atoms. The molecule has 0 spiro atoms. The zero-order chi connectivity index (χ0) is 16.7. The van der Waals surface area contributed by atoms with E-state index >= 15 is 0 Å². The standard InChI is InChI=1S/C16H21ClN4O2/c1-12(10-21-8-7-18-11-21)20-16(22)5-6-19-14-9-13(17)3-4-15(14)23-2/h3-4,7-9,11-12,19H,5-6,10H2,1-2H3,(H,20,22). The molecule has 2 N–H and O–H groups in total. The molecule has 2 rings (SSSR count). The number of nitrogens with zero attached hydrogens (tertiary/aromatic N) is 2. The molecule has 1 atom stereocenters. The van der Waals surface area contributed by atoms with Gasteiger partial charge in [0.1, 0.15) is 5.75 Å². The van der Waals surface area contributed by atoms with Gasteiger partial charge in [0.15, 0.2) is 0 Å². The third-order valence-corrected chi connectivity index (χ3v) is 3.52. The first-order chi connectivity index (χ1) is 11.1. The Morgan fingerprint density at radius 2 is 2.30 bits per heavy atom. The molecule has 1 heterocycles. The zero-order valence-corrected chi connectivity index (χ0v) is 14.0. The number of carbonyl (C=O) groups is 1. The normalized spacial score (nSPS) is 11.8. The minimum absolute atomic E-state index is 0.00823. The summed E-state index contributed by atoms with van der Waals surface area (Å²) < 4.78 is 7.18. The number of hydrogen-bond donors (Lipinski definition) is 2. The molecule has 0 radical (unpaired) electrons. The van der Waals surface area contributed by atoms with Crippen molar-refractivity contribution in [3.63, 3.8) is 0 Å². The Morgan fingerprint density at radius 1 is 1.48 bits per heavy atom. The minimum Gasteiger partial charge on any atom is -0.495 e. The van der Waals surface area contributed by atoms with Gasteiger partial charge in [0, 0.05) is 43.0 Å². The van der Waals surface area contributed by atoms with Crippen molar-refractivity contribution in [1.29, 1.82) is 0 Å². The Bertz CT molecular complexity index is 631. The van der Waals surface area contributed by atoms with E-state index < -0.39 is 0 Å². The lowest BCUT2D eigenvalue weighted by Gasteiger charge is -2.15. The highest BCUT2D eigenvalue weighted by atomic mass is 35.5. The predicted molar refractivity (Wildman–Crippen MR) is 90.9 cm³/mol. The first kappa shape index (κ1) is 17.1. The van der Waals surface area contributed by atoms with Gasteiger partial charge in [0.25, 0.3) is 0 Å². The van der Waals surface area contributed by atoms with E-state index in [0.29, 0.717) is 30.3 Å². The Labute approximate surface area is 140 Å². The number of imidazole rings is 1. The molecular weight excluding hydrogens is 316 g/mol. The predicted octanol–water partition coefficient (Wildman–Crippen LogP) is 2.55. The monoisotopic (exact) mass is 336 g/mol. The summed E-state index contributed by atoms with van der Waals surface area (Å²) in [4.78, 5) is 15.9. The van der Waals surface area contributed by atoms with Crippen molar-refractivity contribution in [1.82, 2.24) is 14.9 Å². The van der Waals surface area contributed by atoms with Crippen molar-refractivity contribution in [2.45, 2.75) is 25.9 Å². The largest absolute Gasteiger partial charge is 0.495 e. The van der Waals surface area contributed by atoms with Gasteiger partial charge in [-0.3, -0.25) is 4.79 Å². The summed E-state index contributed by atoms with van der Waals surface area (Å²) in [5, 5.41) is 6.75. The molecular formula is C16H21ClN4O2.